The summed E-state index contributed by atoms with van der Waals surface area (Å²) in [5.74, 6) is -1.51. The molecular formula is C18H28N2O3. The van der Waals surface area contributed by atoms with Crippen LogP contribution in [0.1, 0.15) is 46.1 Å². The third-order valence-corrected chi connectivity index (χ3v) is 4.09. The quantitative estimate of drug-likeness (QED) is 0.675. The Bertz CT molecular complexity index is 522. The molecule has 23 heavy (non-hydrogen) atoms. The highest BCUT2D eigenvalue weighted by atomic mass is 16.3. The first-order chi connectivity index (χ1) is 10.8. The highest BCUT2D eigenvalue weighted by Crippen LogP contribution is 2.14. The minimum atomic E-state index is -1.04. The first-order valence-corrected chi connectivity index (χ1v) is 8.16. The van der Waals surface area contributed by atoms with Crippen LogP contribution in [0, 0.1) is 5.92 Å². The largest absolute Gasteiger partial charge is 0.388 e. The highest BCUT2D eigenvalue weighted by Gasteiger charge is 2.26. The molecule has 1 rings (SSSR count). The monoisotopic (exact) mass is 320 g/mol. The lowest BCUT2D eigenvalue weighted by molar-refractivity contribution is -0.137. The number of hydrogen-bond donors (Lipinski definition) is 3. The van der Waals surface area contributed by atoms with E-state index in [2.05, 4.69) is 17.6 Å². The van der Waals surface area contributed by atoms with E-state index >= 15 is 0 Å². The summed E-state index contributed by atoms with van der Waals surface area (Å²) in [6.45, 7) is 7.51. The van der Waals surface area contributed by atoms with Crippen LogP contribution in [0.4, 0.5) is 5.69 Å². The van der Waals surface area contributed by atoms with Crippen LogP contribution in [0.2, 0.25) is 0 Å². The Morgan fingerprint density at radius 1 is 1.17 bits per heavy atom. The van der Waals surface area contributed by atoms with Gasteiger partial charge >= 0.3 is 11.8 Å². The van der Waals surface area contributed by atoms with Gasteiger partial charge < -0.3 is 15.7 Å². The molecule has 0 saturated heterocycles. The number of anilines is 1. The van der Waals surface area contributed by atoms with Gasteiger partial charge in [-0.15, -0.1) is 0 Å². The van der Waals surface area contributed by atoms with E-state index in [-0.39, 0.29) is 12.5 Å². The van der Waals surface area contributed by atoms with Crippen LogP contribution in [0.25, 0.3) is 0 Å². The predicted molar refractivity (Wildman–Crippen MR) is 92.2 cm³/mol. The van der Waals surface area contributed by atoms with Crippen molar-refractivity contribution in [2.75, 3.05) is 11.9 Å². The topological polar surface area (TPSA) is 78.4 Å². The molecule has 0 heterocycles. The number of benzene rings is 1. The second-order valence-corrected chi connectivity index (χ2v) is 6.45. The Kier molecular flexibility index (Phi) is 7.23. The van der Waals surface area contributed by atoms with Gasteiger partial charge in [-0.3, -0.25) is 9.59 Å². The molecule has 0 bridgehead atoms. The van der Waals surface area contributed by atoms with Crippen molar-refractivity contribution in [1.29, 1.82) is 0 Å². The standard InChI is InChI=1S/C18H28N2O3/c1-5-6-7-14-8-10-15(11-9-14)20-17(22)16(21)19-12-18(4,23)13(2)3/h8-11,13,23H,5-7,12H2,1-4H3,(H,19,21)(H,20,22). The van der Waals surface area contributed by atoms with Gasteiger partial charge in [0.25, 0.3) is 0 Å². The fraction of sp³-hybridized carbons (Fsp3) is 0.556. The van der Waals surface area contributed by atoms with Crippen LogP contribution in [-0.2, 0) is 16.0 Å². The van der Waals surface area contributed by atoms with E-state index in [1.165, 1.54) is 5.56 Å². The lowest BCUT2D eigenvalue weighted by Crippen LogP contribution is -2.47. The van der Waals surface area contributed by atoms with Crippen molar-refractivity contribution >= 4 is 17.5 Å². The molecule has 1 aromatic carbocycles. The smallest absolute Gasteiger partial charge is 0.313 e. The Labute approximate surface area is 138 Å². The van der Waals surface area contributed by atoms with Crippen molar-refractivity contribution < 1.29 is 14.7 Å². The average Bonchev–Trinajstić information content (AvgIpc) is 2.51. The second-order valence-electron chi connectivity index (χ2n) is 6.45. The van der Waals surface area contributed by atoms with Crippen LogP contribution in [-0.4, -0.2) is 29.1 Å². The lowest BCUT2D eigenvalue weighted by atomic mass is 9.92. The number of unbranched alkanes of at least 4 members (excludes halogenated alkanes) is 1. The second kappa shape index (κ2) is 8.67. The van der Waals surface area contributed by atoms with Crippen molar-refractivity contribution in [1.82, 2.24) is 5.32 Å². The van der Waals surface area contributed by atoms with Crippen molar-refractivity contribution in [3.8, 4) is 0 Å². The molecule has 1 unspecified atom stereocenters. The van der Waals surface area contributed by atoms with E-state index in [4.69, 9.17) is 0 Å². The van der Waals surface area contributed by atoms with Gasteiger partial charge in [0.1, 0.15) is 0 Å². The van der Waals surface area contributed by atoms with E-state index in [0.29, 0.717) is 5.69 Å². The molecule has 3 N–H and O–H groups in total. The van der Waals surface area contributed by atoms with E-state index in [1.807, 2.05) is 26.0 Å². The van der Waals surface area contributed by atoms with Crippen molar-refractivity contribution in [2.24, 2.45) is 5.92 Å². The van der Waals surface area contributed by atoms with Gasteiger partial charge in [-0.1, -0.05) is 39.3 Å². The van der Waals surface area contributed by atoms with Crippen LogP contribution in [0.5, 0.6) is 0 Å². The Hall–Kier alpha value is -1.88. The van der Waals surface area contributed by atoms with Crippen LogP contribution >= 0.6 is 0 Å². The van der Waals surface area contributed by atoms with Crippen LogP contribution in [0.15, 0.2) is 24.3 Å². The van der Waals surface area contributed by atoms with Gasteiger partial charge in [0, 0.05) is 12.2 Å². The molecule has 128 valence electrons. The van der Waals surface area contributed by atoms with Gasteiger partial charge in [0.05, 0.1) is 5.60 Å². The third-order valence-electron chi connectivity index (χ3n) is 4.09. The van der Waals surface area contributed by atoms with E-state index in [9.17, 15) is 14.7 Å². The predicted octanol–water partition coefficient (Wildman–Crippen LogP) is 2.49. The summed E-state index contributed by atoms with van der Waals surface area (Å²) in [6, 6.07) is 7.49. The third kappa shape index (κ3) is 6.40. The van der Waals surface area contributed by atoms with Crippen molar-refractivity contribution in [3.05, 3.63) is 29.8 Å². The lowest BCUT2D eigenvalue weighted by Gasteiger charge is -2.27. The molecular weight excluding hydrogens is 292 g/mol. The van der Waals surface area contributed by atoms with Gasteiger partial charge in [-0.05, 0) is 43.4 Å². The Balaban J connectivity index is 2.50. The van der Waals surface area contributed by atoms with Crippen LogP contribution < -0.4 is 10.6 Å². The summed E-state index contributed by atoms with van der Waals surface area (Å²) in [5.41, 5.74) is 0.750. The molecule has 1 atom stereocenters. The maximum absolute atomic E-state index is 11.9. The minimum absolute atomic E-state index is 0.0264. The number of nitrogens with one attached hydrogen (secondary N) is 2. The van der Waals surface area contributed by atoms with Gasteiger partial charge in [-0.2, -0.15) is 0 Å². The highest BCUT2D eigenvalue weighted by molar-refractivity contribution is 6.39. The van der Waals surface area contributed by atoms with Gasteiger partial charge in [-0.25, -0.2) is 0 Å². The first-order valence-electron chi connectivity index (χ1n) is 8.16. The molecule has 2 amide bonds. The maximum atomic E-state index is 11.9. The molecule has 5 heteroatoms. The molecule has 1 aromatic rings. The number of carbonyl (C=O) groups excluding carboxylic acids is 2. The molecule has 5 nitrogen and oxygen atoms in total. The molecule has 0 spiro atoms. The summed E-state index contributed by atoms with van der Waals surface area (Å²) in [5, 5.41) is 15.1. The summed E-state index contributed by atoms with van der Waals surface area (Å²) in [4.78, 5) is 23.6. The summed E-state index contributed by atoms with van der Waals surface area (Å²) in [7, 11) is 0. The Morgan fingerprint density at radius 2 is 1.78 bits per heavy atom. The van der Waals surface area contributed by atoms with Crippen molar-refractivity contribution in [3.63, 3.8) is 0 Å². The number of aliphatic hydroxyl groups is 1. The zero-order valence-electron chi connectivity index (χ0n) is 14.5. The van der Waals surface area contributed by atoms with Crippen molar-refractivity contribution in [2.45, 2.75) is 52.6 Å². The maximum Gasteiger partial charge on any atom is 0.313 e. The molecule has 0 aliphatic carbocycles. The SMILES string of the molecule is CCCCc1ccc(NC(=O)C(=O)NCC(C)(O)C(C)C)cc1. The summed E-state index contributed by atoms with van der Waals surface area (Å²) >= 11 is 0. The van der Waals surface area contributed by atoms with E-state index in [1.54, 1.807) is 19.1 Å². The molecule has 0 aromatic heterocycles. The first kappa shape index (κ1) is 19.2. The summed E-state index contributed by atoms with van der Waals surface area (Å²) < 4.78 is 0. The Morgan fingerprint density at radius 3 is 2.30 bits per heavy atom. The van der Waals surface area contributed by atoms with Crippen LogP contribution in [0.3, 0.4) is 0 Å². The molecule has 0 saturated carbocycles. The van der Waals surface area contributed by atoms with Gasteiger partial charge in [0.15, 0.2) is 0 Å². The molecule has 0 aliphatic rings. The molecule has 0 radical (unpaired) electrons. The molecule has 0 fully saturated rings. The zero-order chi connectivity index (χ0) is 17.5. The van der Waals surface area contributed by atoms with E-state index in [0.717, 1.165) is 19.3 Å². The van der Waals surface area contributed by atoms with Gasteiger partial charge in [0.2, 0.25) is 0 Å². The number of hydrogen-bond acceptors (Lipinski definition) is 3. The average molecular weight is 320 g/mol. The normalized spacial score (nSPS) is 13.5. The fourth-order valence-electron chi connectivity index (χ4n) is 1.87. The molecule has 0 aliphatic heterocycles. The minimum Gasteiger partial charge on any atom is -0.388 e. The zero-order valence-corrected chi connectivity index (χ0v) is 14.5. The number of aryl methyl sites for hydroxylation is 1. The number of amides is 2. The fourth-order valence-corrected chi connectivity index (χ4v) is 1.87. The number of rotatable bonds is 7. The van der Waals surface area contributed by atoms with E-state index < -0.39 is 17.4 Å². The summed E-state index contributed by atoms with van der Waals surface area (Å²) in [6.07, 6.45) is 3.28. The number of carbonyl (C=O) groups is 2.